The zero-order chi connectivity index (χ0) is 36.7. The van der Waals surface area contributed by atoms with Crippen molar-refractivity contribution in [2.45, 2.75) is 81.4 Å². The molecule has 2 fully saturated rings. The predicted octanol–water partition coefficient (Wildman–Crippen LogP) is 5.97. The topological polar surface area (TPSA) is 153 Å². The standard InChI is InChI=1S/C39H45ClN4O7S/c40-30-15-11-28(12-16-30)26-50-31-24-34(35(45)23-29(8-4-5-19-41)38(47)39-42-33-9-2-3-10-36(33)51-39)44(25-31)37(46)22-27-13-17-32(18-14-27)52(48,49)43-20-6-1-7-21-43/h2-3,9-18,29,31,34H,1,4-8,19-26,41H2/t29-,31-,34+/m1/s1. The normalized spacial score (nSPS) is 18.8. The number of benzene rings is 3. The molecular weight excluding hydrogens is 704 g/mol. The van der Waals surface area contributed by atoms with E-state index in [1.54, 1.807) is 59.5 Å². The van der Waals surface area contributed by atoms with E-state index in [1.165, 1.54) is 4.31 Å². The number of Topliss-reactive ketones (excluding diaryl/α,β-unsaturated/α-hetero) is 2. The van der Waals surface area contributed by atoms with Crippen molar-refractivity contribution in [3.8, 4) is 0 Å². The number of likely N-dealkylation sites (tertiary alicyclic amines) is 1. The number of oxazole rings is 1. The van der Waals surface area contributed by atoms with E-state index >= 15 is 0 Å². The highest BCUT2D eigenvalue weighted by molar-refractivity contribution is 7.89. The fourth-order valence-electron chi connectivity index (χ4n) is 7.00. The number of ketones is 2. The van der Waals surface area contributed by atoms with E-state index in [1.807, 2.05) is 18.2 Å². The minimum atomic E-state index is -3.61. The number of nitrogens with two attached hydrogens (primary N) is 1. The highest BCUT2D eigenvalue weighted by Crippen LogP contribution is 2.29. The molecule has 13 heteroatoms. The maximum Gasteiger partial charge on any atom is 0.264 e. The van der Waals surface area contributed by atoms with Gasteiger partial charge in [-0.25, -0.2) is 13.4 Å². The Morgan fingerprint density at radius 2 is 1.65 bits per heavy atom. The Balaban J connectivity index is 1.18. The van der Waals surface area contributed by atoms with Crippen LogP contribution in [0.2, 0.25) is 5.02 Å². The number of hydrogen-bond donors (Lipinski definition) is 1. The van der Waals surface area contributed by atoms with E-state index < -0.39 is 28.1 Å². The van der Waals surface area contributed by atoms with Crippen LogP contribution >= 0.6 is 11.6 Å². The molecule has 0 bridgehead atoms. The molecule has 2 N–H and O–H groups in total. The molecule has 11 nitrogen and oxygen atoms in total. The summed E-state index contributed by atoms with van der Waals surface area (Å²) in [7, 11) is -3.61. The molecule has 2 aliphatic rings. The maximum absolute atomic E-state index is 14.2. The van der Waals surface area contributed by atoms with Crippen LogP contribution in [-0.2, 0) is 37.4 Å². The first kappa shape index (κ1) is 37.8. The molecule has 0 spiro atoms. The van der Waals surface area contributed by atoms with Gasteiger partial charge in [0.2, 0.25) is 21.7 Å². The number of para-hydroxylation sites is 2. The maximum atomic E-state index is 14.2. The average molecular weight is 749 g/mol. The number of sulfonamides is 1. The van der Waals surface area contributed by atoms with E-state index in [2.05, 4.69) is 4.98 Å². The van der Waals surface area contributed by atoms with Gasteiger partial charge in [0.25, 0.3) is 5.89 Å². The number of carbonyl (C=O) groups excluding carboxylic acids is 3. The first-order valence-corrected chi connectivity index (χ1v) is 19.8. The first-order chi connectivity index (χ1) is 25.1. The van der Waals surface area contributed by atoms with Crippen LogP contribution in [0.5, 0.6) is 0 Å². The zero-order valence-corrected chi connectivity index (χ0v) is 30.7. The van der Waals surface area contributed by atoms with E-state index in [0.29, 0.717) is 60.6 Å². The van der Waals surface area contributed by atoms with Crippen LogP contribution in [0.1, 0.15) is 73.2 Å². The zero-order valence-electron chi connectivity index (χ0n) is 29.1. The smallest absolute Gasteiger partial charge is 0.264 e. The van der Waals surface area contributed by atoms with Crippen LogP contribution < -0.4 is 5.73 Å². The molecule has 3 atom stereocenters. The number of unbranched alkanes of at least 4 members (excludes halogenated alkanes) is 1. The molecule has 2 saturated heterocycles. The fourth-order valence-corrected chi connectivity index (χ4v) is 8.64. The predicted molar refractivity (Wildman–Crippen MR) is 197 cm³/mol. The lowest BCUT2D eigenvalue weighted by Gasteiger charge is -2.26. The lowest BCUT2D eigenvalue weighted by Crippen LogP contribution is -2.42. The van der Waals surface area contributed by atoms with E-state index in [4.69, 9.17) is 26.5 Å². The summed E-state index contributed by atoms with van der Waals surface area (Å²) >= 11 is 6.05. The summed E-state index contributed by atoms with van der Waals surface area (Å²) in [6.07, 6.45) is 4.18. The minimum absolute atomic E-state index is 0.0283. The summed E-state index contributed by atoms with van der Waals surface area (Å²) in [5.41, 5.74) is 8.33. The van der Waals surface area contributed by atoms with Crippen LogP contribution in [0, 0.1) is 5.92 Å². The van der Waals surface area contributed by atoms with E-state index in [9.17, 15) is 22.8 Å². The van der Waals surface area contributed by atoms with E-state index in [0.717, 1.165) is 24.8 Å². The third-order valence-corrected chi connectivity index (χ3v) is 12.1. The summed E-state index contributed by atoms with van der Waals surface area (Å²) in [5.74, 6) is -1.62. The SMILES string of the molecule is NCCCC[C@H](CC(=O)[C@@H]1C[C@@H](OCc2ccc(Cl)cc2)CN1C(=O)Cc1ccc(S(=O)(=O)N2CCCCC2)cc1)C(=O)c1nc2ccccc2o1. The number of halogens is 1. The number of fused-ring (bicyclic) bond motifs is 1. The number of amides is 1. The molecule has 6 rings (SSSR count). The summed E-state index contributed by atoms with van der Waals surface area (Å²) in [6, 6.07) is 20.0. The van der Waals surface area contributed by atoms with Crippen molar-refractivity contribution in [2.75, 3.05) is 26.2 Å². The first-order valence-electron chi connectivity index (χ1n) is 18.0. The summed E-state index contributed by atoms with van der Waals surface area (Å²) in [4.78, 5) is 48.0. The molecule has 1 amide bonds. The van der Waals surface area contributed by atoms with Crippen molar-refractivity contribution in [3.05, 3.63) is 94.8 Å². The summed E-state index contributed by atoms with van der Waals surface area (Å²) in [5, 5.41) is 0.609. The molecule has 0 unspecified atom stereocenters. The third-order valence-electron chi connectivity index (χ3n) is 9.91. The second-order valence-electron chi connectivity index (χ2n) is 13.6. The Morgan fingerprint density at radius 1 is 0.942 bits per heavy atom. The van der Waals surface area contributed by atoms with Crippen molar-refractivity contribution in [1.29, 1.82) is 0 Å². The molecule has 52 heavy (non-hydrogen) atoms. The van der Waals surface area contributed by atoms with Crippen molar-refractivity contribution < 1.29 is 32.0 Å². The van der Waals surface area contributed by atoms with Gasteiger partial charge in [-0.15, -0.1) is 0 Å². The van der Waals surface area contributed by atoms with Crippen molar-refractivity contribution >= 4 is 50.2 Å². The molecule has 0 radical (unpaired) electrons. The van der Waals surface area contributed by atoms with Gasteiger partial charge < -0.3 is 19.8 Å². The highest BCUT2D eigenvalue weighted by Gasteiger charge is 2.41. The van der Waals surface area contributed by atoms with E-state index in [-0.39, 0.29) is 60.7 Å². The minimum Gasteiger partial charge on any atom is -0.434 e. The molecule has 2 aliphatic heterocycles. The largest absolute Gasteiger partial charge is 0.434 e. The summed E-state index contributed by atoms with van der Waals surface area (Å²) < 4.78 is 39.9. The number of ether oxygens (including phenoxy) is 1. The van der Waals surface area contributed by atoms with Gasteiger partial charge in [-0.05, 0) is 79.8 Å². The molecule has 0 saturated carbocycles. The number of hydrogen-bond acceptors (Lipinski definition) is 9. The Kier molecular flexibility index (Phi) is 12.5. The van der Waals surface area contributed by atoms with Gasteiger partial charge in [0.15, 0.2) is 11.4 Å². The molecular formula is C39H45ClN4O7S. The second-order valence-corrected chi connectivity index (χ2v) is 16.0. The number of rotatable bonds is 16. The third kappa shape index (κ3) is 9.16. The summed E-state index contributed by atoms with van der Waals surface area (Å²) in [6.45, 7) is 1.93. The number of piperidine rings is 1. The number of carbonyl (C=O) groups is 3. The van der Waals surface area contributed by atoms with Gasteiger partial charge in [-0.3, -0.25) is 14.4 Å². The fraction of sp³-hybridized carbons (Fsp3) is 0.436. The average Bonchev–Trinajstić information content (AvgIpc) is 3.80. The van der Waals surface area contributed by atoms with Gasteiger partial charge in [0.1, 0.15) is 5.52 Å². The second kappa shape index (κ2) is 17.3. The number of aromatic nitrogens is 1. The van der Waals surface area contributed by atoms with Gasteiger partial charge in [0, 0.05) is 43.4 Å². The molecule has 276 valence electrons. The Hall–Kier alpha value is -3.94. The van der Waals surface area contributed by atoms with Crippen LogP contribution in [0.25, 0.3) is 11.1 Å². The van der Waals surface area contributed by atoms with Gasteiger partial charge in [-0.1, -0.05) is 60.8 Å². The number of nitrogens with zero attached hydrogens (tertiary/aromatic N) is 3. The van der Waals surface area contributed by atoms with Crippen molar-refractivity contribution in [1.82, 2.24) is 14.2 Å². The monoisotopic (exact) mass is 748 g/mol. The molecule has 4 aromatic rings. The lowest BCUT2D eigenvalue weighted by molar-refractivity contribution is -0.137. The van der Waals surface area contributed by atoms with Gasteiger partial charge >= 0.3 is 0 Å². The van der Waals surface area contributed by atoms with Gasteiger partial charge in [0.05, 0.1) is 30.1 Å². The Bertz CT molecular complexity index is 1930. The van der Waals surface area contributed by atoms with Crippen LogP contribution in [0.4, 0.5) is 0 Å². The van der Waals surface area contributed by atoms with Crippen molar-refractivity contribution in [2.24, 2.45) is 11.7 Å². The van der Waals surface area contributed by atoms with Crippen molar-refractivity contribution in [3.63, 3.8) is 0 Å². The molecule has 3 heterocycles. The molecule has 0 aliphatic carbocycles. The van der Waals surface area contributed by atoms with Gasteiger partial charge in [-0.2, -0.15) is 4.31 Å². The van der Waals surface area contributed by atoms with Crippen LogP contribution in [-0.4, -0.2) is 78.4 Å². The Morgan fingerprint density at radius 3 is 2.37 bits per heavy atom. The Labute approximate surface area is 309 Å². The quantitative estimate of drug-likeness (QED) is 0.108. The van der Waals surface area contributed by atoms with Crippen LogP contribution in [0.3, 0.4) is 0 Å². The highest BCUT2D eigenvalue weighted by atomic mass is 35.5. The lowest BCUT2D eigenvalue weighted by atomic mass is 9.89. The van der Waals surface area contributed by atoms with Crippen LogP contribution in [0.15, 0.2) is 82.1 Å². The molecule has 1 aromatic heterocycles. The molecule has 3 aromatic carbocycles.